The van der Waals surface area contributed by atoms with Gasteiger partial charge in [0.05, 0.1) is 16.9 Å². The lowest BCUT2D eigenvalue weighted by Gasteiger charge is -2.26. The molecule has 2 aliphatic heterocycles. The van der Waals surface area contributed by atoms with E-state index in [2.05, 4.69) is 40.2 Å². The first-order valence-electron chi connectivity index (χ1n) is 8.57. The normalized spacial score (nSPS) is 18.4. The zero-order valence-corrected chi connectivity index (χ0v) is 13.7. The maximum absolute atomic E-state index is 9.37. The van der Waals surface area contributed by atoms with E-state index >= 15 is 0 Å². The lowest BCUT2D eigenvalue weighted by molar-refractivity contribution is 0.678. The lowest BCUT2D eigenvalue weighted by atomic mass is 9.94. The number of rotatable bonds is 1. The number of aromatic nitrogens is 1. The molecule has 1 aromatic heterocycles. The zero-order chi connectivity index (χ0) is 16.8. The van der Waals surface area contributed by atoms with E-state index in [9.17, 15) is 5.26 Å². The van der Waals surface area contributed by atoms with Gasteiger partial charge in [0, 0.05) is 17.8 Å². The maximum Gasteiger partial charge on any atom is 0.143 e. The summed E-state index contributed by atoms with van der Waals surface area (Å²) in [5, 5.41) is 10.4. The Morgan fingerprint density at radius 2 is 1.92 bits per heavy atom. The van der Waals surface area contributed by atoms with E-state index in [0.29, 0.717) is 11.6 Å². The van der Waals surface area contributed by atoms with Crippen LogP contribution >= 0.6 is 0 Å². The van der Waals surface area contributed by atoms with Crippen molar-refractivity contribution in [1.29, 1.82) is 5.26 Å². The molecule has 4 nitrogen and oxygen atoms in total. The molecule has 0 amide bonds. The van der Waals surface area contributed by atoms with Crippen molar-refractivity contribution in [1.82, 2.24) is 4.98 Å². The van der Waals surface area contributed by atoms with Gasteiger partial charge in [0.1, 0.15) is 17.6 Å². The standard InChI is InChI=1S/C21H16N4/c22-13-16-12-20(17-6-2-4-8-19(17)23-16)25-10-9-15-11-14-5-1-3-7-18(14)24-21(15)25/h1-8,12,15H,9-11H2. The first-order valence-corrected chi connectivity index (χ1v) is 8.57. The van der Waals surface area contributed by atoms with Crippen molar-refractivity contribution < 1.29 is 0 Å². The van der Waals surface area contributed by atoms with Gasteiger partial charge in [0.25, 0.3) is 0 Å². The second-order valence-electron chi connectivity index (χ2n) is 6.60. The number of anilines is 1. The number of amidine groups is 1. The van der Waals surface area contributed by atoms with Gasteiger partial charge in [0.2, 0.25) is 0 Å². The molecule has 0 radical (unpaired) electrons. The minimum Gasteiger partial charge on any atom is -0.329 e. The second-order valence-corrected chi connectivity index (χ2v) is 6.60. The van der Waals surface area contributed by atoms with E-state index in [0.717, 1.165) is 47.5 Å². The molecule has 120 valence electrons. The number of aliphatic imine (C=N–C) groups is 1. The predicted octanol–water partition coefficient (Wildman–Crippen LogP) is 4.22. The van der Waals surface area contributed by atoms with Gasteiger partial charge >= 0.3 is 0 Å². The van der Waals surface area contributed by atoms with E-state index in [1.54, 1.807) is 0 Å². The maximum atomic E-state index is 9.37. The Hall–Kier alpha value is -3.19. The Kier molecular flexibility index (Phi) is 3.07. The van der Waals surface area contributed by atoms with Crippen LogP contribution in [0.15, 0.2) is 59.6 Å². The predicted molar refractivity (Wildman–Crippen MR) is 99.2 cm³/mol. The van der Waals surface area contributed by atoms with Crippen LogP contribution in [0.2, 0.25) is 0 Å². The molecule has 2 aromatic carbocycles. The number of hydrogen-bond donors (Lipinski definition) is 0. The van der Waals surface area contributed by atoms with E-state index in [4.69, 9.17) is 4.99 Å². The quantitative estimate of drug-likeness (QED) is 0.673. The summed E-state index contributed by atoms with van der Waals surface area (Å²) in [7, 11) is 0. The van der Waals surface area contributed by atoms with Crippen molar-refractivity contribution >= 4 is 28.1 Å². The van der Waals surface area contributed by atoms with Gasteiger partial charge in [-0.25, -0.2) is 9.98 Å². The molecule has 2 aliphatic rings. The molecular formula is C21H16N4. The summed E-state index contributed by atoms with van der Waals surface area (Å²) in [6.45, 7) is 0.927. The average Bonchev–Trinajstić information content (AvgIpc) is 3.07. The number of nitrogens with zero attached hydrogens (tertiary/aromatic N) is 4. The van der Waals surface area contributed by atoms with Crippen LogP contribution in [0.1, 0.15) is 17.7 Å². The molecule has 1 fully saturated rings. The summed E-state index contributed by atoms with van der Waals surface area (Å²) in [6, 6.07) is 20.5. The highest BCUT2D eigenvalue weighted by molar-refractivity contribution is 6.09. The van der Waals surface area contributed by atoms with Crippen molar-refractivity contribution in [2.75, 3.05) is 11.4 Å². The highest BCUT2D eigenvalue weighted by Gasteiger charge is 2.34. The molecule has 0 N–H and O–H groups in total. The molecule has 0 aliphatic carbocycles. The Morgan fingerprint density at radius 1 is 1.08 bits per heavy atom. The second kappa shape index (κ2) is 5.42. The van der Waals surface area contributed by atoms with Gasteiger partial charge < -0.3 is 4.90 Å². The van der Waals surface area contributed by atoms with E-state index in [1.807, 2.05) is 30.3 Å². The number of para-hydroxylation sites is 2. The Bertz CT molecular complexity index is 1060. The smallest absolute Gasteiger partial charge is 0.143 e. The molecule has 3 aromatic rings. The fraction of sp³-hybridized carbons (Fsp3) is 0.190. The summed E-state index contributed by atoms with van der Waals surface area (Å²) < 4.78 is 0. The molecule has 5 rings (SSSR count). The molecular weight excluding hydrogens is 308 g/mol. The van der Waals surface area contributed by atoms with Gasteiger partial charge in [-0.05, 0) is 36.6 Å². The first kappa shape index (κ1) is 14.2. The molecule has 3 heterocycles. The Labute approximate surface area is 146 Å². The van der Waals surface area contributed by atoms with Crippen molar-refractivity contribution in [3.05, 3.63) is 65.9 Å². The highest BCUT2D eigenvalue weighted by atomic mass is 15.2. The largest absolute Gasteiger partial charge is 0.329 e. The fourth-order valence-corrected chi connectivity index (χ4v) is 3.96. The summed E-state index contributed by atoms with van der Waals surface area (Å²) >= 11 is 0. The lowest BCUT2D eigenvalue weighted by Crippen LogP contribution is -2.30. The third-order valence-corrected chi connectivity index (χ3v) is 5.14. The number of nitriles is 1. The number of benzene rings is 2. The van der Waals surface area contributed by atoms with Crippen LogP contribution in [0.25, 0.3) is 10.9 Å². The number of pyridine rings is 1. The molecule has 0 spiro atoms. The SMILES string of the molecule is N#Cc1cc(N2CCC3Cc4ccccc4N=C32)c2ccccc2n1. The third-order valence-electron chi connectivity index (χ3n) is 5.14. The molecule has 1 unspecified atom stereocenters. The summed E-state index contributed by atoms with van der Waals surface area (Å²) in [4.78, 5) is 11.7. The number of hydrogen-bond acceptors (Lipinski definition) is 4. The molecule has 0 bridgehead atoms. The average molecular weight is 324 g/mol. The van der Waals surface area contributed by atoms with E-state index < -0.39 is 0 Å². The van der Waals surface area contributed by atoms with Crippen molar-refractivity contribution in [3.63, 3.8) is 0 Å². The minimum atomic E-state index is 0.451. The van der Waals surface area contributed by atoms with Crippen molar-refractivity contribution in [2.45, 2.75) is 12.8 Å². The summed E-state index contributed by atoms with van der Waals surface area (Å²) in [5.74, 6) is 1.58. The van der Waals surface area contributed by atoms with Gasteiger partial charge in [-0.15, -0.1) is 0 Å². The van der Waals surface area contributed by atoms with E-state index in [-0.39, 0.29) is 0 Å². The molecule has 25 heavy (non-hydrogen) atoms. The molecule has 4 heteroatoms. The third kappa shape index (κ3) is 2.20. The van der Waals surface area contributed by atoms with Gasteiger partial charge in [-0.3, -0.25) is 0 Å². The first-order chi connectivity index (χ1) is 12.3. The molecule has 0 saturated carbocycles. The molecule has 1 saturated heterocycles. The summed E-state index contributed by atoms with van der Waals surface area (Å²) in [5.41, 5.74) is 4.75. The molecule has 1 atom stereocenters. The monoisotopic (exact) mass is 324 g/mol. The minimum absolute atomic E-state index is 0.451. The van der Waals surface area contributed by atoms with Gasteiger partial charge in [-0.2, -0.15) is 5.26 Å². The summed E-state index contributed by atoms with van der Waals surface area (Å²) in [6.07, 6.45) is 2.13. The van der Waals surface area contributed by atoms with Crippen LogP contribution < -0.4 is 4.90 Å². The highest BCUT2D eigenvalue weighted by Crippen LogP contribution is 2.38. The topological polar surface area (TPSA) is 52.3 Å². The van der Waals surface area contributed by atoms with Gasteiger partial charge in [-0.1, -0.05) is 36.4 Å². The van der Waals surface area contributed by atoms with Crippen LogP contribution in [0.3, 0.4) is 0 Å². The Balaban J connectivity index is 1.69. The van der Waals surface area contributed by atoms with Crippen LogP contribution in [0.4, 0.5) is 11.4 Å². The van der Waals surface area contributed by atoms with Crippen LogP contribution in [0.5, 0.6) is 0 Å². The van der Waals surface area contributed by atoms with Crippen LogP contribution in [0, 0.1) is 17.2 Å². The van der Waals surface area contributed by atoms with Crippen molar-refractivity contribution in [3.8, 4) is 6.07 Å². The number of fused-ring (bicyclic) bond motifs is 3. The van der Waals surface area contributed by atoms with Crippen LogP contribution in [-0.2, 0) is 6.42 Å². The van der Waals surface area contributed by atoms with E-state index in [1.165, 1.54) is 5.56 Å². The van der Waals surface area contributed by atoms with Crippen molar-refractivity contribution in [2.24, 2.45) is 10.9 Å². The van der Waals surface area contributed by atoms with Gasteiger partial charge in [0.15, 0.2) is 0 Å². The zero-order valence-electron chi connectivity index (χ0n) is 13.7. The van der Waals surface area contributed by atoms with Crippen LogP contribution in [-0.4, -0.2) is 17.4 Å². The Morgan fingerprint density at radius 3 is 2.84 bits per heavy atom. The fourth-order valence-electron chi connectivity index (χ4n) is 3.96.